The molecule has 9 heteroatoms. The van der Waals surface area contributed by atoms with E-state index in [2.05, 4.69) is 15.4 Å². The number of anilines is 1. The second-order valence-electron chi connectivity index (χ2n) is 6.13. The van der Waals surface area contributed by atoms with Crippen LogP contribution in [0.5, 0.6) is 0 Å². The molecule has 0 spiro atoms. The van der Waals surface area contributed by atoms with E-state index >= 15 is 0 Å². The Hall–Kier alpha value is -2.74. The van der Waals surface area contributed by atoms with Gasteiger partial charge in [0.2, 0.25) is 0 Å². The number of rotatable bonds is 4. The van der Waals surface area contributed by atoms with Gasteiger partial charge in [-0.2, -0.15) is 5.10 Å². The molecule has 4 aromatic rings. The maximum atomic E-state index is 12.9. The number of halogens is 2. The Kier molecular flexibility index (Phi) is 5.36. The number of aromatic nitrogens is 3. The van der Waals surface area contributed by atoms with Crippen molar-refractivity contribution in [1.29, 1.82) is 0 Å². The van der Waals surface area contributed by atoms with Crippen LogP contribution in [0.2, 0.25) is 10.0 Å². The van der Waals surface area contributed by atoms with Gasteiger partial charge in [0.25, 0.3) is 11.5 Å². The summed E-state index contributed by atoms with van der Waals surface area (Å²) in [5, 5.41) is 11.1. The molecule has 0 saturated carbocycles. The van der Waals surface area contributed by atoms with Crippen LogP contribution in [0, 0.1) is 0 Å². The van der Waals surface area contributed by atoms with Crippen LogP contribution in [-0.2, 0) is 6.54 Å². The number of fused-ring (bicyclic) bond motifs is 1. The van der Waals surface area contributed by atoms with E-state index in [4.69, 9.17) is 23.2 Å². The normalized spacial score (nSPS) is 11.0. The number of amides is 1. The van der Waals surface area contributed by atoms with Gasteiger partial charge in [-0.05, 0) is 31.2 Å². The number of hydrogen-bond donors (Lipinski definition) is 1. The van der Waals surface area contributed by atoms with Gasteiger partial charge in [-0.25, -0.2) is 9.67 Å². The number of nitrogens with one attached hydrogen (secondary N) is 1. The number of nitrogens with zero attached hydrogens (tertiary/aromatic N) is 3. The summed E-state index contributed by atoms with van der Waals surface area (Å²) >= 11 is 13.4. The van der Waals surface area contributed by atoms with E-state index in [1.54, 1.807) is 54.8 Å². The predicted octanol–water partition coefficient (Wildman–Crippen LogP) is 5.10. The molecule has 0 bridgehead atoms. The Morgan fingerprint density at radius 2 is 1.93 bits per heavy atom. The molecule has 0 aliphatic rings. The van der Waals surface area contributed by atoms with E-state index in [9.17, 15) is 9.59 Å². The Labute approximate surface area is 179 Å². The molecule has 0 aliphatic carbocycles. The van der Waals surface area contributed by atoms with Crippen molar-refractivity contribution in [2.75, 3.05) is 5.32 Å². The first-order valence-corrected chi connectivity index (χ1v) is 10.3. The van der Waals surface area contributed by atoms with E-state index < -0.39 is 5.91 Å². The standard InChI is InChI=1S/C20H14Cl2N4O2S/c1-2-26-19(28)13-6-4-3-5-12(13)17(25-26)18(27)24-20-23-16(10-29-20)14-8-7-11(21)9-15(14)22/h3-10H,2H2,1H3,(H,23,24,27). The Morgan fingerprint density at radius 1 is 1.17 bits per heavy atom. The van der Waals surface area contributed by atoms with E-state index in [0.29, 0.717) is 38.2 Å². The summed E-state index contributed by atoms with van der Waals surface area (Å²) in [6, 6.07) is 12.1. The molecule has 6 nitrogen and oxygen atoms in total. The molecular weight excluding hydrogens is 431 g/mol. The van der Waals surface area contributed by atoms with E-state index in [1.807, 2.05) is 0 Å². The smallest absolute Gasteiger partial charge is 0.278 e. The van der Waals surface area contributed by atoms with Gasteiger partial charge >= 0.3 is 0 Å². The van der Waals surface area contributed by atoms with E-state index in [-0.39, 0.29) is 11.3 Å². The molecule has 2 aromatic heterocycles. The minimum atomic E-state index is -0.438. The van der Waals surface area contributed by atoms with Gasteiger partial charge in [0.15, 0.2) is 10.8 Å². The highest BCUT2D eigenvalue weighted by Crippen LogP contribution is 2.32. The van der Waals surface area contributed by atoms with Crippen molar-refractivity contribution in [3.63, 3.8) is 0 Å². The van der Waals surface area contributed by atoms with Crippen LogP contribution >= 0.6 is 34.5 Å². The molecule has 1 amide bonds. The highest BCUT2D eigenvalue weighted by molar-refractivity contribution is 7.14. The van der Waals surface area contributed by atoms with Crippen molar-refractivity contribution in [3.8, 4) is 11.3 Å². The molecule has 0 aliphatic heterocycles. The fourth-order valence-corrected chi connectivity index (χ4v) is 4.14. The topological polar surface area (TPSA) is 76.9 Å². The minimum absolute atomic E-state index is 0.170. The molecule has 2 aromatic carbocycles. The number of carbonyl (C=O) groups is 1. The molecule has 0 radical (unpaired) electrons. The van der Waals surface area contributed by atoms with Crippen LogP contribution in [-0.4, -0.2) is 20.7 Å². The fraction of sp³-hybridized carbons (Fsp3) is 0.100. The second kappa shape index (κ2) is 7.94. The van der Waals surface area contributed by atoms with Crippen molar-refractivity contribution in [2.45, 2.75) is 13.5 Å². The summed E-state index contributed by atoms with van der Waals surface area (Å²) < 4.78 is 1.28. The summed E-state index contributed by atoms with van der Waals surface area (Å²) in [6.45, 7) is 2.16. The Bertz CT molecular complexity index is 1300. The van der Waals surface area contributed by atoms with Crippen molar-refractivity contribution >= 4 is 56.3 Å². The van der Waals surface area contributed by atoms with Gasteiger partial charge in [0.05, 0.1) is 16.1 Å². The van der Waals surface area contributed by atoms with Crippen LogP contribution in [0.4, 0.5) is 5.13 Å². The fourth-order valence-electron chi connectivity index (χ4n) is 2.93. The SMILES string of the molecule is CCn1nc(C(=O)Nc2nc(-c3ccc(Cl)cc3Cl)cs2)c2ccccc2c1=O. The summed E-state index contributed by atoms with van der Waals surface area (Å²) in [5.74, 6) is -0.438. The highest BCUT2D eigenvalue weighted by Gasteiger charge is 2.18. The van der Waals surface area contributed by atoms with Crippen LogP contribution in [0.3, 0.4) is 0 Å². The van der Waals surface area contributed by atoms with Crippen molar-refractivity contribution in [1.82, 2.24) is 14.8 Å². The third kappa shape index (κ3) is 3.76. The van der Waals surface area contributed by atoms with Gasteiger partial charge in [-0.15, -0.1) is 11.3 Å². The van der Waals surface area contributed by atoms with Crippen LogP contribution in [0.25, 0.3) is 22.0 Å². The predicted molar refractivity (Wildman–Crippen MR) is 117 cm³/mol. The van der Waals surface area contributed by atoms with Crippen LogP contribution < -0.4 is 10.9 Å². The lowest BCUT2D eigenvalue weighted by Gasteiger charge is -2.09. The first kappa shape index (κ1) is 19.6. The van der Waals surface area contributed by atoms with E-state index in [1.165, 1.54) is 16.0 Å². The van der Waals surface area contributed by atoms with Crippen molar-refractivity contribution in [3.05, 3.63) is 73.9 Å². The molecule has 1 N–H and O–H groups in total. The minimum Gasteiger partial charge on any atom is -0.296 e. The number of aryl methyl sites for hydroxylation is 1. The lowest BCUT2D eigenvalue weighted by Crippen LogP contribution is -2.27. The molecule has 2 heterocycles. The largest absolute Gasteiger partial charge is 0.296 e. The summed E-state index contributed by atoms with van der Waals surface area (Å²) in [4.78, 5) is 29.8. The zero-order valence-electron chi connectivity index (χ0n) is 15.1. The Morgan fingerprint density at radius 3 is 2.66 bits per heavy atom. The third-order valence-electron chi connectivity index (χ3n) is 4.31. The molecule has 0 atom stereocenters. The summed E-state index contributed by atoms with van der Waals surface area (Å²) in [5.41, 5.74) is 1.29. The summed E-state index contributed by atoms with van der Waals surface area (Å²) in [7, 11) is 0. The van der Waals surface area contributed by atoms with Crippen molar-refractivity contribution < 1.29 is 4.79 Å². The third-order valence-corrected chi connectivity index (χ3v) is 5.62. The summed E-state index contributed by atoms with van der Waals surface area (Å²) in [6.07, 6.45) is 0. The van der Waals surface area contributed by atoms with Gasteiger partial charge in [-0.3, -0.25) is 14.9 Å². The lowest BCUT2D eigenvalue weighted by molar-refractivity contribution is 0.102. The zero-order chi connectivity index (χ0) is 20.5. The molecular formula is C20H14Cl2N4O2S. The average Bonchev–Trinajstić information content (AvgIpc) is 3.16. The number of hydrogen-bond acceptors (Lipinski definition) is 5. The molecule has 146 valence electrons. The first-order chi connectivity index (χ1) is 14.0. The first-order valence-electron chi connectivity index (χ1n) is 8.70. The maximum absolute atomic E-state index is 12.9. The van der Waals surface area contributed by atoms with Crippen molar-refractivity contribution in [2.24, 2.45) is 0 Å². The maximum Gasteiger partial charge on any atom is 0.278 e. The Balaban J connectivity index is 1.68. The number of carbonyl (C=O) groups excluding carboxylic acids is 1. The molecule has 0 saturated heterocycles. The van der Waals surface area contributed by atoms with Crippen LogP contribution in [0.1, 0.15) is 17.4 Å². The second-order valence-corrected chi connectivity index (χ2v) is 7.83. The number of thiazole rings is 1. The monoisotopic (exact) mass is 444 g/mol. The molecule has 0 fully saturated rings. The van der Waals surface area contributed by atoms with Gasteiger partial charge < -0.3 is 0 Å². The van der Waals surface area contributed by atoms with Gasteiger partial charge in [0, 0.05) is 27.9 Å². The average molecular weight is 445 g/mol. The van der Waals surface area contributed by atoms with Gasteiger partial charge in [-0.1, -0.05) is 41.4 Å². The van der Waals surface area contributed by atoms with E-state index in [0.717, 1.165) is 5.56 Å². The molecule has 4 rings (SSSR count). The number of benzene rings is 2. The highest BCUT2D eigenvalue weighted by atomic mass is 35.5. The molecule has 29 heavy (non-hydrogen) atoms. The zero-order valence-corrected chi connectivity index (χ0v) is 17.5. The quantitative estimate of drug-likeness (QED) is 0.474. The van der Waals surface area contributed by atoms with Crippen LogP contribution in [0.15, 0.2) is 52.6 Å². The lowest BCUT2D eigenvalue weighted by atomic mass is 10.1. The molecule has 0 unspecified atom stereocenters. The van der Waals surface area contributed by atoms with Gasteiger partial charge in [0.1, 0.15) is 0 Å².